The molecular formula is C33H25NO. The highest BCUT2D eigenvalue weighted by Gasteiger charge is 2.36. The summed E-state index contributed by atoms with van der Waals surface area (Å²) < 4.78 is 6.51. The predicted octanol–water partition coefficient (Wildman–Crippen LogP) is 9.36. The molecule has 2 nitrogen and oxygen atoms in total. The topological polar surface area (TPSA) is 16.4 Å². The van der Waals surface area contributed by atoms with Crippen molar-refractivity contribution in [2.24, 2.45) is 0 Å². The van der Waals surface area contributed by atoms with Crippen molar-refractivity contribution in [1.29, 1.82) is 0 Å². The molecule has 1 aliphatic rings. The standard InChI is InChI=1S/C33H25NO/c1-33(2)27-17-10-9-16-24(27)25-20-26-31(21-28(25)33)35-30-19-11-18-29(32(26)30)34(22-12-5-3-6-13-22)23-14-7-4-8-15-23/h3-21H,1-2H3. The van der Waals surface area contributed by atoms with Gasteiger partial charge in [-0.1, -0.05) is 80.6 Å². The van der Waals surface area contributed by atoms with Gasteiger partial charge < -0.3 is 9.32 Å². The summed E-state index contributed by atoms with van der Waals surface area (Å²) >= 11 is 0. The van der Waals surface area contributed by atoms with Gasteiger partial charge in [0.1, 0.15) is 11.2 Å². The van der Waals surface area contributed by atoms with Crippen LogP contribution in [0.3, 0.4) is 0 Å². The molecule has 0 radical (unpaired) electrons. The van der Waals surface area contributed by atoms with E-state index < -0.39 is 0 Å². The monoisotopic (exact) mass is 451 g/mol. The summed E-state index contributed by atoms with van der Waals surface area (Å²) in [7, 11) is 0. The molecule has 0 amide bonds. The molecule has 35 heavy (non-hydrogen) atoms. The SMILES string of the molecule is CC1(C)c2ccccc2-c2cc3c(cc21)oc1cccc(N(c2ccccc2)c2ccccc2)c13. The van der Waals surface area contributed by atoms with Gasteiger partial charge in [0.15, 0.2) is 0 Å². The first-order chi connectivity index (χ1) is 17.1. The molecule has 6 aromatic rings. The average Bonchev–Trinajstić information content (AvgIpc) is 3.37. The number of furan rings is 1. The lowest BCUT2D eigenvalue weighted by Crippen LogP contribution is -2.14. The molecule has 1 aromatic heterocycles. The summed E-state index contributed by atoms with van der Waals surface area (Å²) in [5.74, 6) is 0. The highest BCUT2D eigenvalue weighted by molar-refractivity contribution is 6.15. The van der Waals surface area contributed by atoms with Crippen LogP contribution in [0.4, 0.5) is 17.1 Å². The maximum Gasteiger partial charge on any atom is 0.137 e. The van der Waals surface area contributed by atoms with Crippen molar-refractivity contribution < 1.29 is 4.42 Å². The third kappa shape index (κ3) is 2.90. The number of hydrogen-bond acceptors (Lipinski definition) is 2. The van der Waals surface area contributed by atoms with E-state index >= 15 is 0 Å². The number of benzene rings is 5. The van der Waals surface area contributed by atoms with Gasteiger partial charge >= 0.3 is 0 Å². The van der Waals surface area contributed by atoms with Crippen LogP contribution in [0.25, 0.3) is 33.1 Å². The molecule has 1 heterocycles. The summed E-state index contributed by atoms with van der Waals surface area (Å²) in [6.07, 6.45) is 0. The minimum atomic E-state index is -0.0535. The summed E-state index contributed by atoms with van der Waals surface area (Å²) in [5.41, 5.74) is 10.5. The zero-order valence-electron chi connectivity index (χ0n) is 19.8. The Balaban J connectivity index is 1.55. The summed E-state index contributed by atoms with van der Waals surface area (Å²) in [6.45, 7) is 4.62. The van der Waals surface area contributed by atoms with Gasteiger partial charge in [-0.25, -0.2) is 0 Å². The first kappa shape index (κ1) is 20.1. The fourth-order valence-electron chi connectivity index (χ4n) is 5.77. The number of anilines is 3. The summed E-state index contributed by atoms with van der Waals surface area (Å²) in [4.78, 5) is 2.32. The Bertz CT molecular complexity index is 1670. The van der Waals surface area contributed by atoms with Crippen molar-refractivity contribution in [2.45, 2.75) is 19.3 Å². The van der Waals surface area contributed by atoms with Crippen molar-refractivity contribution in [3.63, 3.8) is 0 Å². The van der Waals surface area contributed by atoms with E-state index in [2.05, 4.69) is 134 Å². The van der Waals surface area contributed by atoms with Crippen LogP contribution in [0.15, 0.2) is 120 Å². The third-order valence-electron chi connectivity index (χ3n) is 7.45. The lowest BCUT2D eigenvalue weighted by atomic mass is 9.82. The van der Waals surface area contributed by atoms with E-state index in [1.54, 1.807) is 0 Å². The van der Waals surface area contributed by atoms with Gasteiger partial charge in [-0.05, 0) is 70.8 Å². The maximum absolute atomic E-state index is 6.51. The van der Waals surface area contributed by atoms with Gasteiger partial charge in [-0.15, -0.1) is 0 Å². The Morgan fingerprint density at radius 1 is 0.571 bits per heavy atom. The molecule has 0 atom stereocenters. The van der Waals surface area contributed by atoms with Gasteiger partial charge in [0, 0.05) is 22.2 Å². The number of nitrogens with zero attached hydrogens (tertiary/aromatic N) is 1. The zero-order valence-corrected chi connectivity index (χ0v) is 19.8. The van der Waals surface area contributed by atoms with E-state index in [0.29, 0.717) is 0 Å². The quantitative estimate of drug-likeness (QED) is 0.266. The van der Waals surface area contributed by atoms with Gasteiger partial charge in [0.25, 0.3) is 0 Å². The highest BCUT2D eigenvalue weighted by atomic mass is 16.3. The molecule has 1 aliphatic carbocycles. The van der Waals surface area contributed by atoms with Crippen LogP contribution < -0.4 is 4.90 Å². The molecule has 2 heteroatoms. The second-order valence-electron chi connectivity index (χ2n) is 9.82. The summed E-state index contributed by atoms with van der Waals surface area (Å²) in [5, 5.41) is 2.29. The normalized spacial score (nSPS) is 13.7. The van der Waals surface area contributed by atoms with Crippen molar-refractivity contribution >= 4 is 39.0 Å². The maximum atomic E-state index is 6.51. The van der Waals surface area contributed by atoms with Gasteiger partial charge in [-0.2, -0.15) is 0 Å². The Labute approximate surface area is 205 Å². The third-order valence-corrected chi connectivity index (χ3v) is 7.45. The van der Waals surface area contributed by atoms with Crippen LogP contribution in [0.1, 0.15) is 25.0 Å². The van der Waals surface area contributed by atoms with Crippen LogP contribution in [-0.4, -0.2) is 0 Å². The van der Waals surface area contributed by atoms with Crippen molar-refractivity contribution in [3.8, 4) is 11.1 Å². The minimum absolute atomic E-state index is 0.0535. The van der Waals surface area contributed by atoms with Crippen molar-refractivity contribution in [2.75, 3.05) is 4.90 Å². The number of hydrogen-bond donors (Lipinski definition) is 0. The molecule has 0 unspecified atom stereocenters. The lowest BCUT2D eigenvalue weighted by Gasteiger charge is -2.26. The molecule has 0 fully saturated rings. The predicted molar refractivity (Wildman–Crippen MR) is 146 cm³/mol. The molecule has 0 bridgehead atoms. The molecule has 7 rings (SSSR count). The molecule has 168 valence electrons. The van der Waals surface area contributed by atoms with Crippen molar-refractivity contribution in [1.82, 2.24) is 0 Å². The van der Waals surface area contributed by atoms with Crippen LogP contribution in [0.2, 0.25) is 0 Å². The molecule has 0 saturated heterocycles. The van der Waals surface area contributed by atoms with Gasteiger partial charge in [0.2, 0.25) is 0 Å². The molecule has 0 saturated carbocycles. The Kier molecular flexibility index (Phi) is 4.22. The Hall–Kier alpha value is -4.30. The van der Waals surface area contributed by atoms with Gasteiger partial charge in [0.05, 0.1) is 11.1 Å². The smallest absolute Gasteiger partial charge is 0.137 e. The van der Waals surface area contributed by atoms with E-state index in [9.17, 15) is 0 Å². The number of para-hydroxylation sites is 2. The highest BCUT2D eigenvalue weighted by Crippen LogP contribution is 2.51. The second-order valence-corrected chi connectivity index (χ2v) is 9.82. The van der Waals surface area contributed by atoms with E-state index in [4.69, 9.17) is 4.42 Å². The molecular weight excluding hydrogens is 426 g/mol. The fraction of sp³-hybridized carbons (Fsp3) is 0.0909. The first-order valence-electron chi connectivity index (χ1n) is 12.1. The van der Waals surface area contributed by atoms with Crippen LogP contribution in [0, 0.1) is 0 Å². The Morgan fingerprint density at radius 3 is 1.94 bits per heavy atom. The lowest BCUT2D eigenvalue weighted by molar-refractivity contribution is 0.647. The van der Waals surface area contributed by atoms with Crippen LogP contribution >= 0.6 is 0 Å². The second kappa shape index (κ2) is 7.35. The molecule has 0 spiro atoms. The van der Waals surface area contributed by atoms with E-state index in [1.807, 2.05) is 0 Å². The fourth-order valence-corrected chi connectivity index (χ4v) is 5.77. The molecule has 0 aliphatic heterocycles. The number of rotatable bonds is 3. The Morgan fingerprint density at radius 2 is 1.23 bits per heavy atom. The minimum Gasteiger partial charge on any atom is -0.456 e. The van der Waals surface area contributed by atoms with E-state index in [1.165, 1.54) is 22.3 Å². The van der Waals surface area contributed by atoms with Crippen LogP contribution in [-0.2, 0) is 5.41 Å². The largest absolute Gasteiger partial charge is 0.456 e. The van der Waals surface area contributed by atoms with E-state index in [-0.39, 0.29) is 5.41 Å². The van der Waals surface area contributed by atoms with Crippen LogP contribution in [0.5, 0.6) is 0 Å². The van der Waals surface area contributed by atoms with Crippen molar-refractivity contribution in [3.05, 3.63) is 126 Å². The molecule has 5 aromatic carbocycles. The zero-order chi connectivity index (χ0) is 23.6. The average molecular weight is 452 g/mol. The van der Waals surface area contributed by atoms with Gasteiger partial charge in [-0.3, -0.25) is 0 Å². The van der Waals surface area contributed by atoms with E-state index in [0.717, 1.165) is 39.0 Å². The first-order valence-corrected chi connectivity index (χ1v) is 12.1. The number of fused-ring (bicyclic) bond motifs is 6. The summed E-state index contributed by atoms with van der Waals surface area (Å²) in [6, 6.07) is 40.9. The molecule has 0 N–H and O–H groups in total.